The number of carbonyl (C=O) groups is 1. The second kappa shape index (κ2) is 8.45. The summed E-state index contributed by atoms with van der Waals surface area (Å²) in [5, 5.41) is 2.52. The van der Waals surface area contributed by atoms with E-state index in [1.165, 1.54) is 0 Å². The topological polar surface area (TPSA) is 38.3 Å². The molecular weight excluding hydrogens is 192 g/mol. The van der Waals surface area contributed by atoms with Gasteiger partial charge in [0.15, 0.2) is 0 Å². The Kier molecular flexibility index (Phi) is 7.75. The Hall–Kier alpha value is -1.15. The van der Waals surface area contributed by atoms with E-state index >= 15 is 0 Å². The average molecular weight is 205 g/mol. The second-order valence-electron chi connectivity index (χ2n) is 2.52. The lowest BCUT2D eigenvalue weighted by Crippen LogP contribution is -2.25. The molecule has 0 heterocycles. The summed E-state index contributed by atoms with van der Waals surface area (Å²) in [6, 6.07) is 0. The lowest BCUT2D eigenvalue weighted by molar-refractivity contribution is -0.122. The third-order valence-electron chi connectivity index (χ3n) is 1.31. The highest BCUT2D eigenvalue weighted by molar-refractivity contribution is 5.75. The summed E-state index contributed by atoms with van der Waals surface area (Å²) < 4.78 is 27.6. The van der Waals surface area contributed by atoms with Crippen LogP contribution in [-0.4, -0.2) is 32.1 Å². The van der Waals surface area contributed by atoms with Gasteiger partial charge in [0.2, 0.25) is 5.91 Å². The number of halogens is 2. The highest BCUT2D eigenvalue weighted by atomic mass is 19.3. The van der Waals surface area contributed by atoms with Crippen LogP contribution in [0, 0.1) is 12.3 Å². The Morgan fingerprint density at radius 1 is 1.57 bits per heavy atom. The SMILES string of the molecule is C#CCCNC(=O)CCOCC(F)F. The molecule has 0 atom stereocenters. The van der Waals surface area contributed by atoms with Gasteiger partial charge in [-0.25, -0.2) is 8.78 Å². The van der Waals surface area contributed by atoms with Gasteiger partial charge >= 0.3 is 0 Å². The van der Waals surface area contributed by atoms with Crippen molar-refractivity contribution in [2.24, 2.45) is 0 Å². The summed E-state index contributed by atoms with van der Waals surface area (Å²) >= 11 is 0. The first-order chi connectivity index (χ1) is 6.66. The summed E-state index contributed by atoms with van der Waals surface area (Å²) in [5.74, 6) is 2.12. The molecule has 3 nitrogen and oxygen atoms in total. The number of hydrogen-bond donors (Lipinski definition) is 1. The van der Waals surface area contributed by atoms with Crippen LogP contribution in [0.2, 0.25) is 0 Å². The lowest BCUT2D eigenvalue weighted by atomic mass is 10.4. The fourth-order valence-corrected chi connectivity index (χ4v) is 0.700. The second-order valence-corrected chi connectivity index (χ2v) is 2.52. The predicted molar refractivity (Wildman–Crippen MR) is 47.9 cm³/mol. The standard InChI is InChI=1S/C9H13F2NO2/c1-2-3-5-12-9(13)4-6-14-7-8(10)11/h1,8H,3-7H2,(H,12,13). The van der Waals surface area contributed by atoms with Crippen molar-refractivity contribution in [3.8, 4) is 12.3 Å². The van der Waals surface area contributed by atoms with E-state index in [1.54, 1.807) is 0 Å². The van der Waals surface area contributed by atoms with Crippen molar-refractivity contribution in [2.45, 2.75) is 19.3 Å². The van der Waals surface area contributed by atoms with Gasteiger partial charge in [-0.05, 0) is 0 Å². The molecule has 0 spiro atoms. The van der Waals surface area contributed by atoms with E-state index in [2.05, 4.69) is 16.0 Å². The minimum absolute atomic E-state index is 0.00618. The molecule has 0 rings (SSSR count). The van der Waals surface area contributed by atoms with Gasteiger partial charge < -0.3 is 10.1 Å². The van der Waals surface area contributed by atoms with Crippen molar-refractivity contribution in [1.82, 2.24) is 5.32 Å². The van der Waals surface area contributed by atoms with Crippen LogP contribution in [0.3, 0.4) is 0 Å². The van der Waals surface area contributed by atoms with Crippen LogP contribution in [0.1, 0.15) is 12.8 Å². The van der Waals surface area contributed by atoms with E-state index in [0.29, 0.717) is 13.0 Å². The van der Waals surface area contributed by atoms with Gasteiger partial charge in [-0.1, -0.05) is 0 Å². The minimum atomic E-state index is -2.49. The van der Waals surface area contributed by atoms with E-state index < -0.39 is 13.0 Å². The molecule has 0 aliphatic heterocycles. The van der Waals surface area contributed by atoms with Gasteiger partial charge in [-0.2, -0.15) is 0 Å². The van der Waals surface area contributed by atoms with Gasteiger partial charge in [-0.15, -0.1) is 12.3 Å². The monoisotopic (exact) mass is 205 g/mol. The van der Waals surface area contributed by atoms with Crippen LogP contribution in [0.5, 0.6) is 0 Å². The molecule has 0 fully saturated rings. The zero-order valence-corrected chi connectivity index (χ0v) is 7.76. The van der Waals surface area contributed by atoms with E-state index in [0.717, 1.165) is 0 Å². The van der Waals surface area contributed by atoms with Crippen LogP contribution in [0.15, 0.2) is 0 Å². The fourth-order valence-electron chi connectivity index (χ4n) is 0.700. The molecule has 0 bridgehead atoms. The predicted octanol–water partition coefficient (Wildman–Crippen LogP) is 0.798. The molecule has 0 aliphatic carbocycles. The quantitative estimate of drug-likeness (QED) is 0.493. The minimum Gasteiger partial charge on any atom is -0.375 e. The van der Waals surface area contributed by atoms with Crippen molar-refractivity contribution >= 4 is 5.91 Å². The fraction of sp³-hybridized carbons (Fsp3) is 0.667. The van der Waals surface area contributed by atoms with E-state index in [1.807, 2.05) is 0 Å². The Balaban J connectivity index is 3.23. The molecular formula is C9H13F2NO2. The van der Waals surface area contributed by atoms with Crippen LogP contribution in [0.4, 0.5) is 8.78 Å². The van der Waals surface area contributed by atoms with Crippen molar-refractivity contribution in [3.05, 3.63) is 0 Å². The number of terminal acetylenes is 1. The maximum Gasteiger partial charge on any atom is 0.261 e. The van der Waals surface area contributed by atoms with Crippen LogP contribution < -0.4 is 5.32 Å². The first-order valence-corrected chi connectivity index (χ1v) is 4.23. The Morgan fingerprint density at radius 2 is 2.29 bits per heavy atom. The number of amides is 1. The normalized spacial score (nSPS) is 9.86. The maximum atomic E-state index is 11.6. The van der Waals surface area contributed by atoms with Crippen LogP contribution >= 0.6 is 0 Å². The van der Waals surface area contributed by atoms with Crippen LogP contribution in [-0.2, 0) is 9.53 Å². The van der Waals surface area contributed by atoms with Crippen LogP contribution in [0.25, 0.3) is 0 Å². The molecule has 0 unspecified atom stereocenters. The maximum absolute atomic E-state index is 11.6. The van der Waals surface area contributed by atoms with Crippen molar-refractivity contribution < 1.29 is 18.3 Å². The third kappa shape index (κ3) is 8.94. The summed E-state index contributed by atoms with van der Waals surface area (Å²) in [6.07, 6.45) is 3.02. The number of nitrogens with one attached hydrogen (secondary N) is 1. The van der Waals surface area contributed by atoms with Crippen molar-refractivity contribution in [3.63, 3.8) is 0 Å². The summed E-state index contributed by atoms with van der Waals surface area (Å²) in [5.41, 5.74) is 0. The van der Waals surface area contributed by atoms with Gasteiger partial charge in [0.25, 0.3) is 6.43 Å². The summed E-state index contributed by atoms with van der Waals surface area (Å²) in [6.45, 7) is -0.214. The van der Waals surface area contributed by atoms with Crippen molar-refractivity contribution in [2.75, 3.05) is 19.8 Å². The van der Waals surface area contributed by atoms with E-state index in [9.17, 15) is 13.6 Å². The third-order valence-corrected chi connectivity index (χ3v) is 1.31. The zero-order valence-electron chi connectivity index (χ0n) is 7.76. The zero-order chi connectivity index (χ0) is 10.8. The number of rotatable bonds is 7. The number of hydrogen-bond acceptors (Lipinski definition) is 2. The molecule has 1 amide bonds. The number of alkyl halides is 2. The van der Waals surface area contributed by atoms with Crippen molar-refractivity contribution in [1.29, 1.82) is 0 Å². The molecule has 14 heavy (non-hydrogen) atoms. The average Bonchev–Trinajstić information content (AvgIpc) is 2.13. The molecule has 0 radical (unpaired) electrons. The van der Waals surface area contributed by atoms with Gasteiger partial charge in [0.1, 0.15) is 6.61 Å². The molecule has 0 aromatic heterocycles. The molecule has 80 valence electrons. The first kappa shape index (κ1) is 12.8. The molecule has 1 N–H and O–H groups in total. The largest absolute Gasteiger partial charge is 0.375 e. The summed E-state index contributed by atoms with van der Waals surface area (Å²) in [7, 11) is 0. The van der Waals surface area contributed by atoms with Gasteiger partial charge in [0, 0.05) is 19.4 Å². The Labute approximate surface area is 81.8 Å². The van der Waals surface area contributed by atoms with E-state index in [4.69, 9.17) is 6.42 Å². The molecule has 0 saturated heterocycles. The molecule has 0 aromatic carbocycles. The first-order valence-electron chi connectivity index (χ1n) is 4.23. The Bertz CT molecular complexity index is 201. The number of ether oxygens (including phenoxy) is 1. The lowest BCUT2D eigenvalue weighted by Gasteiger charge is -2.04. The number of carbonyl (C=O) groups excluding carboxylic acids is 1. The van der Waals surface area contributed by atoms with Gasteiger partial charge in [-0.3, -0.25) is 4.79 Å². The molecule has 5 heteroatoms. The molecule has 0 aromatic rings. The highest BCUT2D eigenvalue weighted by Crippen LogP contribution is 1.93. The van der Waals surface area contributed by atoms with E-state index in [-0.39, 0.29) is 18.9 Å². The highest BCUT2D eigenvalue weighted by Gasteiger charge is 2.03. The molecule has 0 saturated carbocycles. The van der Waals surface area contributed by atoms with Gasteiger partial charge in [0.05, 0.1) is 6.61 Å². The smallest absolute Gasteiger partial charge is 0.261 e. The Morgan fingerprint density at radius 3 is 2.86 bits per heavy atom. The summed E-state index contributed by atoms with van der Waals surface area (Å²) in [4.78, 5) is 10.9. The molecule has 0 aliphatic rings.